The number of hydrazine groups is 1. The second kappa shape index (κ2) is 10.9. The lowest BCUT2D eigenvalue weighted by atomic mass is 10.1. The molecular formula is C24H20BrN3O4. The number of carbonyl (C=O) groups excluding carboxylic acids is 3. The van der Waals surface area contributed by atoms with Gasteiger partial charge in [-0.15, -0.1) is 0 Å². The number of amides is 3. The van der Waals surface area contributed by atoms with Crippen molar-refractivity contribution in [1.29, 1.82) is 0 Å². The molecule has 0 saturated heterocycles. The SMILES string of the molecule is COc1ccc(C(=O)NC(=Cc2ccc(Br)cc2)C(=O)NNC(=O)c2ccccc2)cc1. The Kier molecular flexibility index (Phi) is 7.77. The lowest BCUT2D eigenvalue weighted by Crippen LogP contribution is -2.45. The Morgan fingerprint density at radius 1 is 0.781 bits per heavy atom. The normalized spacial score (nSPS) is 10.8. The van der Waals surface area contributed by atoms with Crippen molar-refractivity contribution in [1.82, 2.24) is 16.2 Å². The number of hydrogen-bond acceptors (Lipinski definition) is 4. The maximum Gasteiger partial charge on any atom is 0.286 e. The number of ether oxygens (including phenoxy) is 1. The second-order valence-electron chi connectivity index (χ2n) is 6.57. The fourth-order valence-electron chi connectivity index (χ4n) is 2.66. The first-order chi connectivity index (χ1) is 15.5. The van der Waals surface area contributed by atoms with Gasteiger partial charge in [0.25, 0.3) is 17.7 Å². The average molecular weight is 494 g/mol. The van der Waals surface area contributed by atoms with Crippen molar-refractivity contribution in [3.63, 3.8) is 0 Å². The van der Waals surface area contributed by atoms with Crippen molar-refractivity contribution in [3.05, 3.63) is 106 Å². The Balaban J connectivity index is 1.78. The van der Waals surface area contributed by atoms with Gasteiger partial charge in [-0.3, -0.25) is 25.2 Å². The molecule has 0 bridgehead atoms. The molecule has 0 atom stereocenters. The zero-order chi connectivity index (χ0) is 22.9. The van der Waals surface area contributed by atoms with Crippen LogP contribution in [0.5, 0.6) is 5.75 Å². The maximum atomic E-state index is 12.8. The molecule has 0 aliphatic heterocycles. The van der Waals surface area contributed by atoms with E-state index >= 15 is 0 Å². The molecule has 3 rings (SSSR count). The van der Waals surface area contributed by atoms with Crippen molar-refractivity contribution in [3.8, 4) is 5.75 Å². The van der Waals surface area contributed by atoms with E-state index in [0.29, 0.717) is 22.4 Å². The number of methoxy groups -OCH3 is 1. The fourth-order valence-corrected chi connectivity index (χ4v) is 2.93. The summed E-state index contributed by atoms with van der Waals surface area (Å²) in [5.41, 5.74) is 6.05. The maximum absolute atomic E-state index is 12.8. The highest BCUT2D eigenvalue weighted by atomic mass is 79.9. The third-order valence-electron chi connectivity index (χ3n) is 4.35. The standard InChI is InChI=1S/C24H20BrN3O4/c1-32-20-13-9-18(10-14-20)22(29)26-21(15-16-7-11-19(25)12-8-16)24(31)28-27-23(30)17-5-3-2-4-6-17/h2-15H,1H3,(H,26,29)(H,27,30)(H,28,31). The first-order valence-electron chi connectivity index (χ1n) is 9.54. The van der Waals surface area contributed by atoms with Gasteiger partial charge in [-0.1, -0.05) is 46.3 Å². The minimum absolute atomic E-state index is 0.0403. The number of carbonyl (C=O) groups is 3. The summed E-state index contributed by atoms with van der Waals surface area (Å²) in [5.74, 6) is -1.04. The van der Waals surface area contributed by atoms with Crippen LogP contribution in [0, 0.1) is 0 Å². The molecule has 3 amide bonds. The number of benzene rings is 3. The largest absolute Gasteiger partial charge is 0.497 e. The van der Waals surface area contributed by atoms with Crippen LogP contribution in [-0.2, 0) is 4.79 Å². The van der Waals surface area contributed by atoms with E-state index in [1.165, 1.54) is 13.2 Å². The minimum atomic E-state index is -0.681. The van der Waals surface area contributed by atoms with Gasteiger partial charge in [-0.05, 0) is 60.2 Å². The van der Waals surface area contributed by atoms with E-state index in [1.54, 1.807) is 66.7 Å². The average Bonchev–Trinajstić information content (AvgIpc) is 2.83. The molecule has 0 unspecified atom stereocenters. The van der Waals surface area contributed by atoms with E-state index in [2.05, 4.69) is 32.1 Å². The first-order valence-corrected chi connectivity index (χ1v) is 10.3. The van der Waals surface area contributed by atoms with Gasteiger partial charge in [0.1, 0.15) is 11.4 Å². The summed E-state index contributed by atoms with van der Waals surface area (Å²) in [6.07, 6.45) is 1.51. The molecule has 162 valence electrons. The van der Waals surface area contributed by atoms with E-state index in [1.807, 2.05) is 12.1 Å². The van der Waals surface area contributed by atoms with Crippen molar-refractivity contribution >= 4 is 39.7 Å². The molecule has 0 spiro atoms. The Bertz CT molecular complexity index is 1130. The molecule has 0 aromatic heterocycles. The van der Waals surface area contributed by atoms with Gasteiger partial charge in [-0.25, -0.2) is 0 Å². The van der Waals surface area contributed by atoms with Gasteiger partial charge in [-0.2, -0.15) is 0 Å². The molecule has 0 radical (unpaired) electrons. The monoisotopic (exact) mass is 493 g/mol. The third kappa shape index (κ3) is 6.29. The summed E-state index contributed by atoms with van der Waals surface area (Å²) in [6.45, 7) is 0. The van der Waals surface area contributed by atoms with Gasteiger partial charge < -0.3 is 10.1 Å². The highest BCUT2D eigenvalue weighted by Crippen LogP contribution is 2.14. The summed E-state index contributed by atoms with van der Waals surface area (Å²) in [6, 6.07) is 22.1. The number of rotatable bonds is 6. The summed E-state index contributed by atoms with van der Waals surface area (Å²) >= 11 is 3.36. The predicted molar refractivity (Wildman–Crippen MR) is 125 cm³/mol. The van der Waals surface area contributed by atoms with Crippen LogP contribution in [0.2, 0.25) is 0 Å². The Labute approximate surface area is 193 Å². The zero-order valence-corrected chi connectivity index (χ0v) is 18.7. The number of nitrogens with one attached hydrogen (secondary N) is 3. The fraction of sp³-hybridized carbons (Fsp3) is 0.0417. The quantitative estimate of drug-likeness (QED) is 0.360. The smallest absolute Gasteiger partial charge is 0.286 e. The van der Waals surface area contributed by atoms with Crippen molar-refractivity contribution in [2.75, 3.05) is 7.11 Å². The Morgan fingerprint density at radius 3 is 2.03 bits per heavy atom. The van der Waals surface area contributed by atoms with Crippen molar-refractivity contribution < 1.29 is 19.1 Å². The van der Waals surface area contributed by atoms with Crippen LogP contribution in [0.3, 0.4) is 0 Å². The van der Waals surface area contributed by atoms with Gasteiger partial charge in [0.2, 0.25) is 0 Å². The molecule has 0 saturated carbocycles. The van der Waals surface area contributed by atoms with Crippen LogP contribution in [0.25, 0.3) is 6.08 Å². The predicted octanol–water partition coefficient (Wildman–Crippen LogP) is 3.69. The molecule has 0 fully saturated rings. The van der Waals surface area contributed by atoms with Crippen LogP contribution in [-0.4, -0.2) is 24.8 Å². The Hall–Kier alpha value is -3.91. The van der Waals surface area contributed by atoms with E-state index in [-0.39, 0.29) is 5.70 Å². The molecule has 7 nitrogen and oxygen atoms in total. The van der Waals surface area contributed by atoms with Crippen LogP contribution < -0.4 is 20.9 Å². The van der Waals surface area contributed by atoms with E-state index in [0.717, 1.165) is 4.47 Å². The Morgan fingerprint density at radius 2 is 1.41 bits per heavy atom. The summed E-state index contributed by atoms with van der Waals surface area (Å²) in [5, 5.41) is 2.60. The second-order valence-corrected chi connectivity index (χ2v) is 7.48. The molecular weight excluding hydrogens is 474 g/mol. The molecule has 3 aromatic carbocycles. The molecule has 0 aliphatic carbocycles. The van der Waals surface area contributed by atoms with Gasteiger partial charge >= 0.3 is 0 Å². The van der Waals surface area contributed by atoms with E-state index < -0.39 is 17.7 Å². The highest BCUT2D eigenvalue weighted by Gasteiger charge is 2.16. The molecule has 3 N–H and O–H groups in total. The van der Waals surface area contributed by atoms with Crippen molar-refractivity contribution in [2.45, 2.75) is 0 Å². The summed E-state index contributed by atoms with van der Waals surface area (Å²) in [4.78, 5) is 37.7. The van der Waals surface area contributed by atoms with Crippen LogP contribution in [0.15, 0.2) is 89.0 Å². The molecule has 0 aliphatic rings. The lowest BCUT2D eigenvalue weighted by Gasteiger charge is -2.12. The molecule has 8 heteroatoms. The minimum Gasteiger partial charge on any atom is -0.497 e. The summed E-state index contributed by atoms with van der Waals surface area (Å²) in [7, 11) is 1.53. The van der Waals surface area contributed by atoms with Crippen LogP contribution in [0.1, 0.15) is 26.3 Å². The topological polar surface area (TPSA) is 96.5 Å². The van der Waals surface area contributed by atoms with E-state index in [9.17, 15) is 14.4 Å². The first kappa shape index (κ1) is 22.8. The van der Waals surface area contributed by atoms with Gasteiger partial charge in [0.15, 0.2) is 0 Å². The highest BCUT2D eigenvalue weighted by molar-refractivity contribution is 9.10. The zero-order valence-electron chi connectivity index (χ0n) is 17.1. The van der Waals surface area contributed by atoms with Crippen LogP contribution >= 0.6 is 15.9 Å². The van der Waals surface area contributed by atoms with Gasteiger partial charge in [0.05, 0.1) is 7.11 Å². The molecule has 32 heavy (non-hydrogen) atoms. The number of hydrogen-bond donors (Lipinski definition) is 3. The molecule has 3 aromatic rings. The number of halogens is 1. The van der Waals surface area contributed by atoms with Crippen LogP contribution in [0.4, 0.5) is 0 Å². The van der Waals surface area contributed by atoms with Gasteiger partial charge in [0, 0.05) is 15.6 Å². The molecule has 0 heterocycles. The van der Waals surface area contributed by atoms with E-state index in [4.69, 9.17) is 4.74 Å². The lowest BCUT2D eigenvalue weighted by molar-refractivity contribution is -0.118. The summed E-state index contributed by atoms with van der Waals surface area (Å²) < 4.78 is 5.97. The third-order valence-corrected chi connectivity index (χ3v) is 4.88. The van der Waals surface area contributed by atoms with Crippen molar-refractivity contribution in [2.24, 2.45) is 0 Å².